The first-order chi connectivity index (χ1) is 7.02. The van der Waals surface area contributed by atoms with Gasteiger partial charge in [-0.1, -0.05) is 6.92 Å². The standard InChI is InChI=1S/C9H11N3O3/c1-4-2-6(9(14)15)12-7(4)11-3-5(10)8(12)13/h3-4,6H,2,10H2,1H3,(H,14,15)/t4-,6-/m0/s1. The molecule has 1 aliphatic rings. The second-order valence-electron chi connectivity index (χ2n) is 3.74. The SMILES string of the molecule is C[C@H]1C[C@@H](C(=O)O)n2c1ncc(N)c2=O. The zero-order chi connectivity index (χ0) is 11.2. The molecular weight excluding hydrogens is 198 g/mol. The number of nitrogen functional groups attached to an aromatic ring is 1. The fourth-order valence-electron chi connectivity index (χ4n) is 1.92. The summed E-state index contributed by atoms with van der Waals surface area (Å²) < 4.78 is 1.18. The number of aromatic nitrogens is 2. The number of nitrogens with zero attached hydrogens (tertiary/aromatic N) is 2. The number of nitrogens with two attached hydrogens (primary N) is 1. The molecule has 0 spiro atoms. The number of anilines is 1. The largest absolute Gasteiger partial charge is 0.480 e. The van der Waals surface area contributed by atoms with Gasteiger partial charge in [0, 0.05) is 5.92 Å². The van der Waals surface area contributed by atoms with Crippen LogP contribution in [-0.2, 0) is 4.79 Å². The van der Waals surface area contributed by atoms with Crippen molar-refractivity contribution in [3.63, 3.8) is 0 Å². The molecule has 6 nitrogen and oxygen atoms in total. The van der Waals surface area contributed by atoms with Crippen molar-refractivity contribution >= 4 is 11.7 Å². The summed E-state index contributed by atoms with van der Waals surface area (Å²) in [5, 5.41) is 8.96. The number of aliphatic carboxylic acids is 1. The summed E-state index contributed by atoms with van der Waals surface area (Å²) in [7, 11) is 0. The van der Waals surface area contributed by atoms with Crippen LogP contribution < -0.4 is 11.3 Å². The number of hydrogen-bond donors (Lipinski definition) is 2. The molecule has 1 aromatic rings. The molecule has 6 heteroatoms. The average molecular weight is 209 g/mol. The minimum Gasteiger partial charge on any atom is -0.480 e. The number of carbonyl (C=O) groups is 1. The van der Waals surface area contributed by atoms with Crippen LogP contribution in [0.3, 0.4) is 0 Å². The van der Waals surface area contributed by atoms with Crippen molar-refractivity contribution in [3.05, 3.63) is 22.4 Å². The van der Waals surface area contributed by atoms with E-state index >= 15 is 0 Å². The summed E-state index contributed by atoms with van der Waals surface area (Å²) in [5.74, 6) is -0.545. The zero-order valence-corrected chi connectivity index (χ0v) is 8.17. The van der Waals surface area contributed by atoms with Gasteiger partial charge in [0.25, 0.3) is 5.56 Å². The summed E-state index contributed by atoms with van der Waals surface area (Å²) in [4.78, 5) is 26.6. The molecule has 2 heterocycles. The first-order valence-corrected chi connectivity index (χ1v) is 4.62. The van der Waals surface area contributed by atoms with E-state index in [1.54, 1.807) is 0 Å². The lowest BCUT2D eigenvalue weighted by Crippen LogP contribution is -2.29. The van der Waals surface area contributed by atoms with Crippen molar-refractivity contribution in [2.45, 2.75) is 25.3 Å². The van der Waals surface area contributed by atoms with Gasteiger partial charge in [-0.15, -0.1) is 0 Å². The Hall–Kier alpha value is -1.85. The van der Waals surface area contributed by atoms with Gasteiger partial charge < -0.3 is 10.8 Å². The van der Waals surface area contributed by atoms with Crippen LogP contribution in [0.15, 0.2) is 11.0 Å². The molecule has 3 N–H and O–H groups in total. The number of hydrogen-bond acceptors (Lipinski definition) is 4. The van der Waals surface area contributed by atoms with Gasteiger partial charge >= 0.3 is 5.97 Å². The van der Waals surface area contributed by atoms with Crippen LogP contribution in [0, 0.1) is 0 Å². The van der Waals surface area contributed by atoms with E-state index in [2.05, 4.69) is 4.98 Å². The normalized spacial score (nSPS) is 23.8. The Morgan fingerprint density at radius 3 is 3.00 bits per heavy atom. The lowest BCUT2D eigenvalue weighted by atomic mass is 10.1. The third-order valence-corrected chi connectivity index (χ3v) is 2.66. The molecule has 2 rings (SSSR count). The summed E-state index contributed by atoms with van der Waals surface area (Å²) in [5.41, 5.74) is 4.94. The van der Waals surface area contributed by atoms with Crippen LogP contribution in [0.2, 0.25) is 0 Å². The van der Waals surface area contributed by atoms with Gasteiger partial charge in [0.05, 0.1) is 6.20 Å². The lowest BCUT2D eigenvalue weighted by Gasteiger charge is -2.08. The molecule has 1 aliphatic heterocycles. The van der Waals surface area contributed by atoms with Crippen LogP contribution in [0.5, 0.6) is 0 Å². The van der Waals surface area contributed by atoms with E-state index in [-0.39, 0.29) is 11.6 Å². The van der Waals surface area contributed by atoms with Crippen molar-refractivity contribution < 1.29 is 9.90 Å². The Kier molecular flexibility index (Phi) is 1.99. The van der Waals surface area contributed by atoms with Crippen molar-refractivity contribution in [2.24, 2.45) is 0 Å². The molecule has 0 unspecified atom stereocenters. The molecule has 15 heavy (non-hydrogen) atoms. The van der Waals surface area contributed by atoms with Gasteiger partial charge in [-0.25, -0.2) is 9.78 Å². The van der Waals surface area contributed by atoms with Gasteiger partial charge in [-0.05, 0) is 6.42 Å². The molecule has 0 fully saturated rings. The van der Waals surface area contributed by atoms with Gasteiger partial charge in [-0.2, -0.15) is 0 Å². The maximum Gasteiger partial charge on any atom is 0.326 e. The van der Waals surface area contributed by atoms with E-state index in [0.29, 0.717) is 12.2 Å². The van der Waals surface area contributed by atoms with Crippen LogP contribution in [-0.4, -0.2) is 20.6 Å². The Morgan fingerprint density at radius 1 is 1.73 bits per heavy atom. The minimum atomic E-state index is -1.02. The highest BCUT2D eigenvalue weighted by Crippen LogP contribution is 2.32. The highest BCUT2D eigenvalue weighted by molar-refractivity contribution is 5.72. The van der Waals surface area contributed by atoms with Crippen molar-refractivity contribution in [1.29, 1.82) is 0 Å². The zero-order valence-electron chi connectivity index (χ0n) is 8.17. The fraction of sp³-hybridized carbons (Fsp3) is 0.444. The number of carboxylic acid groups (broad SMARTS) is 1. The maximum absolute atomic E-state index is 11.7. The molecule has 2 atom stereocenters. The van der Waals surface area contributed by atoms with Crippen molar-refractivity contribution in [1.82, 2.24) is 9.55 Å². The third-order valence-electron chi connectivity index (χ3n) is 2.66. The van der Waals surface area contributed by atoms with Gasteiger partial charge in [0.2, 0.25) is 0 Å². The summed E-state index contributed by atoms with van der Waals surface area (Å²) in [6.07, 6.45) is 1.68. The molecular formula is C9H11N3O3. The van der Waals surface area contributed by atoms with Crippen LogP contribution in [0.25, 0.3) is 0 Å². The number of carboxylic acids is 1. The van der Waals surface area contributed by atoms with E-state index in [1.807, 2.05) is 6.92 Å². The first kappa shape index (κ1) is 9.70. The van der Waals surface area contributed by atoms with Crippen molar-refractivity contribution in [2.75, 3.05) is 5.73 Å². The van der Waals surface area contributed by atoms with Gasteiger partial charge in [0.1, 0.15) is 17.6 Å². The second kappa shape index (κ2) is 3.08. The Labute approximate surface area is 85.4 Å². The molecule has 0 aromatic carbocycles. The molecule has 1 aromatic heterocycles. The monoisotopic (exact) mass is 209 g/mol. The highest BCUT2D eigenvalue weighted by Gasteiger charge is 2.35. The van der Waals surface area contributed by atoms with Gasteiger partial charge in [-0.3, -0.25) is 9.36 Å². The Bertz CT molecular complexity index is 480. The van der Waals surface area contributed by atoms with Crippen LogP contribution in [0.4, 0.5) is 5.69 Å². The maximum atomic E-state index is 11.7. The summed E-state index contributed by atoms with van der Waals surface area (Å²) in [6.45, 7) is 1.84. The Balaban J connectivity index is 2.67. The topological polar surface area (TPSA) is 98.2 Å². The molecule has 0 saturated heterocycles. The predicted molar refractivity (Wildman–Crippen MR) is 52.6 cm³/mol. The quantitative estimate of drug-likeness (QED) is 0.676. The summed E-state index contributed by atoms with van der Waals surface area (Å²) in [6, 6.07) is -0.835. The van der Waals surface area contributed by atoms with E-state index in [1.165, 1.54) is 10.8 Å². The molecule has 0 amide bonds. The average Bonchev–Trinajstić information content (AvgIpc) is 2.50. The Morgan fingerprint density at radius 2 is 2.40 bits per heavy atom. The second-order valence-corrected chi connectivity index (χ2v) is 3.74. The number of fused-ring (bicyclic) bond motifs is 1. The summed E-state index contributed by atoms with van der Waals surface area (Å²) >= 11 is 0. The van der Waals surface area contributed by atoms with E-state index in [9.17, 15) is 9.59 Å². The van der Waals surface area contributed by atoms with E-state index < -0.39 is 17.6 Å². The molecule has 0 aliphatic carbocycles. The molecule has 0 bridgehead atoms. The van der Waals surface area contributed by atoms with Crippen LogP contribution in [0.1, 0.15) is 31.1 Å². The molecule has 80 valence electrons. The highest BCUT2D eigenvalue weighted by atomic mass is 16.4. The molecule has 0 radical (unpaired) electrons. The predicted octanol–water partition coefficient (Wildman–Crippen LogP) is -0.0416. The first-order valence-electron chi connectivity index (χ1n) is 4.62. The van der Waals surface area contributed by atoms with Crippen LogP contribution >= 0.6 is 0 Å². The fourth-order valence-corrected chi connectivity index (χ4v) is 1.92. The minimum absolute atomic E-state index is 0.0147. The van der Waals surface area contributed by atoms with Crippen molar-refractivity contribution in [3.8, 4) is 0 Å². The van der Waals surface area contributed by atoms with E-state index in [4.69, 9.17) is 10.8 Å². The van der Waals surface area contributed by atoms with E-state index in [0.717, 1.165) is 0 Å². The lowest BCUT2D eigenvalue weighted by molar-refractivity contribution is -0.140. The number of rotatable bonds is 1. The third kappa shape index (κ3) is 1.29. The van der Waals surface area contributed by atoms with Gasteiger partial charge in [0.15, 0.2) is 0 Å². The molecule has 0 saturated carbocycles. The smallest absolute Gasteiger partial charge is 0.326 e.